The molecule has 0 atom stereocenters. The van der Waals surface area contributed by atoms with Crippen molar-refractivity contribution in [3.8, 4) is 22.6 Å². The van der Waals surface area contributed by atoms with Crippen molar-refractivity contribution in [2.24, 2.45) is 0 Å². The minimum atomic E-state index is -0.490. The number of fused-ring (bicyclic) bond motifs is 1. The van der Waals surface area contributed by atoms with Crippen molar-refractivity contribution in [2.45, 2.75) is 25.7 Å². The average Bonchev–Trinajstić information content (AvgIpc) is 3.53. The summed E-state index contributed by atoms with van der Waals surface area (Å²) in [4.78, 5) is 12.3. The van der Waals surface area contributed by atoms with Gasteiger partial charge in [-0.05, 0) is 78.8 Å². The Balaban J connectivity index is 1.72. The molecule has 4 aromatic rings. The normalized spacial score (nSPS) is 13.5. The SMILES string of the molecule is CNC(=O)c1cc(-c2cc(-n3nnc4ccccc43)cc(C)c2O)cc(C2CC2)c1F. The number of nitrogens with one attached hydrogen (secondary N) is 1. The van der Waals surface area contributed by atoms with Gasteiger partial charge in [0.05, 0.1) is 16.8 Å². The molecular weight excluding hydrogens is 395 g/mol. The smallest absolute Gasteiger partial charge is 0.254 e. The van der Waals surface area contributed by atoms with Crippen LogP contribution in [-0.4, -0.2) is 33.1 Å². The van der Waals surface area contributed by atoms with E-state index in [1.165, 1.54) is 13.1 Å². The predicted molar refractivity (Wildman–Crippen MR) is 116 cm³/mol. The number of rotatable bonds is 4. The van der Waals surface area contributed by atoms with Crippen molar-refractivity contribution in [3.63, 3.8) is 0 Å². The van der Waals surface area contributed by atoms with Crippen molar-refractivity contribution in [3.05, 3.63) is 71.0 Å². The molecule has 1 heterocycles. The maximum Gasteiger partial charge on any atom is 0.254 e. The molecule has 0 bridgehead atoms. The van der Waals surface area contributed by atoms with Gasteiger partial charge in [-0.15, -0.1) is 5.10 Å². The summed E-state index contributed by atoms with van der Waals surface area (Å²) >= 11 is 0. The number of aryl methyl sites for hydroxylation is 1. The van der Waals surface area contributed by atoms with Gasteiger partial charge in [0, 0.05) is 12.6 Å². The molecule has 31 heavy (non-hydrogen) atoms. The molecular formula is C24H21FN4O2. The van der Waals surface area contributed by atoms with Crippen LogP contribution in [-0.2, 0) is 0 Å². The Kier molecular flexibility index (Phi) is 4.46. The van der Waals surface area contributed by atoms with Crippen LogP contribution in [0.5, 0.6) is 5.75 Å². The molecule has 5 rings (SSSR count). The highest BCUT2D eigenvalue weighted by Crippen LogP contribution is 2.44. The molecule has 1 aliphatic carbocycles. The van der Waals surface area contributed by atoms with Crippen LogP contribution in [0, 0.1) is 12.7 Å². The second kappa shape index (κ2) is 7.19. The lowest BCUT2D eigenvalue weighted by Crippen LogP contribution is -2.20. The van der Waals surface area contributed by atoms with Gasteiger partial charge in [-0.25, -0.2) is 9.07 Å². The van der Waals surface area contributed by atoms with E-state index < -0.39 is 11.7 Å². The van der Waals surface area contributed by atoms with E-state index in [2.05, 4.69) is 15.6 Å². The number of aromatic hydroxyl groups is 1. The Morgan fingerprint density at radius 3 is 2.71 bits per heavy atom. The number of carbonyl (C=O) groups is 1. The molecule has 7 heteroatoms. The highest BCUT2D eigenvalue weighted by molar-refractivity contribution is 5.96. The van der Waals surface area contributed by atoms with Crippen LogP contribution in [0.2, 0.25) is 0 Å². The molecule has 0 saturated heterocycles. The Morgan fingerprint density at radius 1 is 1.19 bits per heavy atom. The Bertz CT molecular complexity index is 1340. The number of hydrogen-bond acceptors (Lipinski definition) is 4. The number of phenols is 1. The summed E-state index contributed by atoms with van der Waals surface area (Å²) in [5, 5.41) is 21.8. The van der Waals surface area contributed by atoms with Crippen molar-refractivity contribution in [1.82, 2.24) is 20.3 Å². The monoisotopic (exact) mass is 416 g/mol. The van der Waals surface area contributed by atoms with Crippen molar-refractivity contribution >= 4 is 16.9 Å². The van der Waals surface area contributed by atoms with E-state index in [9.17, 15) is 9.90 Å². The molecule has 0 spiro atoms. The first-order valence-electron chi connectivity index (χ1n) is 10.2. The fraction of sp³-hybridized carbons (Fsp3) is 0.208. The molecule has 1 saturated carbocycles. The third-order valence-electron chi connectivity index (χ3n) is 5.78. The van der Waals surface area contributed by atoms with Gasteiger partial charge in [0.15, 0.2) is 0 Å². The van der Waals surface area contributed by atoms with Crippen LogP contribution < -0.4 is 5.32 Å². The minimum Gasteiger partial charge on any atom is -0.507 e. The fourth-order valence-corrected chi connectivity index (χ4v) is 3.96. The summed E-state index contributed by atoms with van der Waals surface area (Å²) in [5.74, 6) is -0.783. The number of para-hydroxylation sites is 1. The first-order chi connectivity index (χ1) is 15.0. The second-order valence-corrected chi connectivity index (χ2v) is 7.93. The van der Waals surface area contributed by atoms with Gasteiger partial charge in [-0.1, -0.05) is 17.3 Å². The van der Waals surface area contributed by atoms with Gasteiger partial charge in [0.25, 0.3) is 5.91 Å². The van der Waals surface area contributed by atoms with E-state index >= 15 is 4.39 Å². The third kappa shape index (κ3) is 3.22. The molecule has 1 amide bonds. The van der Waals surface area contributed by atoms with E-state index in [-0.39, 0.29) is 17.2 Å². The van der Waals surface area contributed by atoms with Crippen LogP contribution in [0.4, 0.5) is 4.39 Å². The van der Waals surface area contributed by atoms with E-state index in [0.717, 1.165) is 29.6 Å². The van der Waals surface area contributed by atoms with Crippen LogP contribution >= 0.6 is 0 Å². The predicted octanol–water partition coefficient (Wildman–Crippen LogP) is 4.48. The summed E-state index contributed by atoms with van der Waals surface area (Å²) in [6, 6.07) is 14.5. The lowest BCUT2D eigenvalue weighted by molar-refractivity contribution is 0.0959. The topological polar surface area (TPSA) is 80.0 Å². The summed E-state index contributed by atoms with van der Waals surface area (Å²) in [5.41, 5.74) is 4.57. The summed E-state index contributed by atoms with van der Waals surface area (Å²) in [6.45, 7) is 1.80. The minimum absolute atomic E-state index is 0.0180. The largest absolute Gasteiger partial charge is 0.507 e. The standard InChI is InChI=1S/C24H21FN4O2/c1-13-9-16(29-21-6-4-3-5-20(21)27-28-29)12-18(23(13)30)15-10-17(14-7-8-14)22(25)19(11-15)24(31)26-2/h3-6,9-12,14,30H,7-8H2,1-2H3,(H,26,31). The van der Waals surface area contributed by atoms with Gasteiger partial charge >= 0.3 is 0 Å². The van der Waals surface area contributed by atoms with Gasteiger partial charge in [0.1, 0.15) is 17.1 Å². The molecule has 1 aliphatic rings. The highest BCUT2D eigenvalue weighted by atomic mass is 19.1. The fourth-order valence-electron chi connectivity index (χ4n) is 3.96. The number of halogens is 1. The van der Waals surface area contributed by atoms with Gasteiger partial charge < -0.3 is 10.4 Å². The number of nitrogens with zero attached hydrogens (tertiary/aromatic N) is 3. The highest BCUT2D eigenvalue weighted by Gasteiger charge is 2.30. The first kappa shape index (κ1) is 19.2. The van der Waals surface area contributed by atoms with Crippen LogP contribution in [0.3, 0.4) is 0 Å². The number of hydrogen-bond donors (Lipinski definition) is 2. The maximum atomic E-state index is 15.0. The van der Waals surface area contributed by atoms with Crippen LogP contribution in [0.25, 0.3) is 27.8 Å². The summed E-state index contributed by atoms with van der Waals surface area (Å²) in [7, 11) is 1.48. The van der Waals surface area contributed by atoms with E-state index in [1.54, 1.807) is 23.7 Å². The second-order valence-electron chi connectivity index (χ2n) is 7.93. The zero-order chi connectivity index (χ0) is 21.7. The van der Waals surface area contributed by atoms with Crippen molar-refractivity contribution in [2.75, 3.05) is 7.05 Å². The van der Waals surface area contributed by atoms with Gasteiger partial charge in [-0.2, -0.15) is 0 Å². The van der Waals surface area contributed by atoms with Crippen LogP contribution in [0.15, 0.2) is 48.5 Å². The molecule has 1 aromatic heterocycles. The van der Waals surface area contributed by atoms with Crippen molar-refractivity contribution in [1.29, 1.82) is 0 Å². The molecule has 3 aromatic carbocycles. The zero-order valence-corrected chi connectivity index (χ0v) is 17.2. The van der Waals surface area contributed by atoms with E-state index in [4.69, 9.17) is 0 Å². The lowest BCUT2D eigenvalue weighted by atomic mass is 9.94. The van der Waals surface area contributed by atoms with Crippen molar-refractivity contribution < 1.29 is 14.3 Å². The Hall–Kier alpha value is -3.74. The van der Waals surface area contributed by atoms with Crippen LogP contribution in [0.1, 0.15) is 40.2 Å². The molecule has 0 radical (unpaired) electrons. The summed E-state index contributed by atoms with van der Waals surface area (Å²) in [6.07, 6.45) is 1.78. The molecule has 2 N–H and O–H groups in total. The first-order valence-corrected chi connectivity index (χ1v) is 10.2. The quantitative estimate of drug-likeness (QED) is 0.514. The van der Waals surface area contributed by atoms with Gasteiger partial charge in [-0.3, -0.25) is 4.79 Å². The number of benzene rings is 3. The average molecular weight is 416 g/mol. The Labute approximate surface area is 178 Å². The molecule has 0 unspecified atom stereocenters. The van der Waals surface area contributed by atoms with E-state index in [1.807, 2.05) is 30.3 Å². The number of phenolic OH excluding ortho intramolecular Hbond substituents is 1. The molecule has 6 nitrogen and oxygen atoms in total. The molecule has 0 aliphatic heterocycles. The maximum absolute atomic E-state index is 15.0. The van der Waals surface area contributed by atoms with E-state index in [0.29, 0.717) is 22.3 Å². The van der Waals surface area contributed by atoms with Gasteiger partial charge in [0.2, 0.25) is 0 Å². The lowest BCUT2D eigenvalue weighted by Gasteiger charge is -2.15. The molecule has 156 valence electrons. The number of aromatic nitrogens is 3. The zero-order valence-electron chi connectivity index (χ0n) is 17.2. The number of amides is 1. The number of carbonyl (C=O) groups excluding carboxylic acids is 1. The Morgan fingerprint density at radius 2 is 1.97 bits per heavy atom. The third-order valence-corrected chi connectivity index (χ3v) is 5.78. The molecule has 1 fully saturated rings. The summed E-state index contributed by atoms with van der Waals surface area (Å²) < 4.78 is 16.7.